The summed E-state index contributed by atoms with van der Waals surface area (Å²) in [5.41, 5.74) is -0.700. The molecule has 126 valence electrons. The fourth-order valence-corrected chi connectivity index (χ4v) is 2.51. The predicted molar refractivity (Wildman–Crippen MR) is 86.2 cm³/mol. The maximum atomic E-state index is 12.1. The summed E-state index contributed by atoms with van der Waals surface area (Å²) < 4.78 is 7.05. The Morgan fingerprint density at radius 2 is 2.13 bits per heavy atom. The van der Waals surface area contributed by atoms with Crippen LogP contribution in [0.4, 0.5) is 10.6 Å². The summed E-state index contributed by atoms with van der Waals surface area (Å²) in [4.78, 5) is 12.1. The molecule has 0 spiro atoms. The van der Waals surface area contributed by atoms with Crippen molar-refractivity contribution < 1.29 is 14.6 Å². The standard InChI is InChI=1S/C16H24N4O3/c1-15(2,3)20-10-12(9-17)8-13(20)19-14(21)18-11-16(22)4-6-23-7-5-16/h8,10,22H,4-7,11H2,1-3H3,(H2,18,19,21). The third kappa shape index (κ3) is 4.47. The summed E-state index contributed by atoms with van der Waals surface area (Å²) in [5, 5.41) is 24.8. The van der Waals surface area contributed by atoms with Gasteiger partial charge in [-0.15, -0.1) is 0 Å². The summed E-state index contributed by atoms with van der Waals surface area (Å²) in [6, 6.07) is 3.30. The second-order valence-corrected chi connectivity index (χ2v) is 6.91. The van der Waals surface area contributed by atoms with Crippen molar-refractivity contribution in [1.29, 1.82) is 5.26 Å². The second kappa shape index (κ2) is 6.60. The van der Waals surface area contributed by atoms with Gasteiger partial charge in [-0.3, -0.25) is 5.32 Å². The van der Waals surface area contributed by atoms with Crippen LogP contribution < -0.4 is 10.6 Å². The van der Waals surface area contributed by atoms with Crippen molar-refractivity contribution in [3.63, 3.8) is 0 Å². The predicted octanol–water partition coefficient (Wildman–Crippen LogP) is 1.78. The monoisotopic (exact) mass is 320 g/mol. The van der Waals surface area contributed by atoms with E-state index in [1.54, 1.807) is 12.3 Å². The molecule has 0 unspecified atom stereocenters. The van der Waals surface area contributed by atoms with Crippen LogP contribution in [0.3, 0.4) is 0 Å². The molecule has 1 aliphatic heterocycles. The van der Waals surface area contributed by atoms with E-state index < -0.39 is 11.6 Å². The number of hydrogen-bond donors (Lipinski definition) is 3. The minimum atomic E-state index is -0.917. The first-order chi connectivity index (χ1) is 10.7. The summed E-state index contributed by atoms with van der Waals surface area (Å²) in [6.07, 6.45) is 2.72. The van der Waals surface area contributed by atoms with Crippen molar-refractivity contribution in [3.8, 4) is 6.07 Å². The quantitative estimate of drug-likeness (QED) is 0.790. The first kappa shape index (κ1) is 17.3. The number of ether oxygens (including phenoxy) is 1. The van der Waals surface area contributed by atoms with E-state index in [4.69, 9.17) is 10.00 Å². The Kier molecular flexibility index (Phi) is 4.97. The summed E-state index contributed by atoms with van der Waals surface area (Å²) in [6.45, 7) is 7.13. The molecule has 0 aliphatic carbocycles. The van der Waals surface area contributed by atoms with E-state index in [-0.39, 0.29) is 12.1 Å². The van der Waals surface area contributed by atoms with E-state index in [1.165, 1.54) is 0 Å². The Bertz CT molecular complexity index is 604. The van der Waals surface area contributed by atoms with E-state index in [0.29, 0.717) is 37.4 Å². The first-order valence-electron chi connectivity index (χ1n) is 7.71. The molecule has 7 heteroatoms. The van der Waals surface area contributed by atoms with Crippen LogP contribution in [0.15, 0.2) is 12.3 Å². The molecule has 23 heavy (non-hydrogen) atoms. The minimum absolute atomic E-state index is 0.170. The van der Waals surface area contributed by atoms with E-state index in [0.717, 1.165) is 0 Å². The van der Waals surface area contributed by atoms with Crippen LogP contribution in [0.5, 0.6) is 0 Å². The van der Waals surface area contributed by atoms with Gasteiger partial charge >= 0.3 is 6.03 Å². The molecule has 1 aromatic rings. The van der Waals surface area contributed by atoms with Crippen LogP contribution in [-0.2, 0) is 10.3 Å². The van der Waals surface area contributed by atoms with Gasteiger partial charge in [0.2, 0.25) is 0 Å². The highest BCUT2D eigenvalue weighted by molar-refractivity contribution is 5.88. The fourth-order valence-electron chi connectivity index (χ4n) is 2.51. The molecule has 0 atom stereocenters. The van der Waals surface area contributed by atoms with Crippen molar-refractivity contribution in [2.45, 2.75) is 44.8 Å². The van der Waals surface area contributed by atoms with Crippen molar-refractivity contribution in [1.82, 2.24) is 9.88 Å². The molecule has 0 bridgehead atoms. The summed E-state index contributed by atoms with van der Waals surface area (Å²) in [7, 11) is 0. The van der Waals surface area contributed by atoms with Gasteiger partial charge in [-0.1, -0.05) is 0 Å². The lowest BCUT2D eigenvalue weighted by Crippen LogP contribution is -2.47. The Labute approximate surface area is 136 Å². The second-order valence-electron chi connectivity index (χ2n) is 6.91. The maximum Gasteiger partial charge on any atom is 0.320 e. The first-order valence-corrected chi connectivity index (χ1v) is 7.71. The normalized spacial score (nSPS) is 17.3. The van der Waals surface area contributed by atoms with E-state index in [2.05, 4.69) is 16.7 Å². The number of aromatic nitrogens is 1. The highest BCUT2D eigenvalue weighted by Gasteiger charge is 2.30. The molecule has 3 N–H and O–H groups in total. The van der Waals surface area contributed by atoms with Crippen LogP contribution >= 0.6 is 0 Å². The number of amides is 2. The zero-order valence-corrected chi connectivity index (χ0v) is 13.8. The molecule has 7 nitrogen and oxygen atoms in total. The number of carbonyl (C=O) groups is 1. The van der Waals surface area contributed by atoms with Crippen LogP contribution in [0.2, 0.25) is 0 Å². The van der Waals surface area contributed by atoms with Gasteiger partial charge in [-0.05, 0) is 26.8 Å². The topological polar surface area (TPSA) is 99.3 Å². The number of urea groups is 1. The van der Waals surface area contributed by atoms with Crippen molar-refractivity contribution in [2.24, 2.45) is 0 Å². The third-order valence-corrected chi connectivity index (χ3v) is 3.91. The summed E-state index contributed by atoms with van der Waals surface area (Å²) in [5.74, 6) is 0.547. The van der Waals surface area contributed by atoms with Crippen molar-refractivity contribution >= 4 is 11.8 Å². The molecular weight excluding hydrogens is 296 g/mol. The number of nitrogens with zero attached hydrogens (tertiary/aromatic N) is 2. The molecule has 2 amide bonds. The Morgan fingerprint density at radius 3 is 2.70 bits per heavy atom. The van der Waals surface area contributed by atoms with Gasteiger partial charge in [0, 0.05) is 44.3 Å². The molecule has 1 aliphatic rings. The van der Waals surface area contributed by atoms with E-state index in [9.17, 15) is 9.90 Å². The van der Waals surface area contributed by atoms with Gasteiger partial charge in [0.25, 0.3) is 0 Å². The lowest BCUT2D eigenvalue weighted by atomic mass is 9.94. The lowest BCUT2D eigenvalue weighted by molar-refractivity contribution is -0.0598. The molecular formula is C16H24N4O3. The number of carbonyl (C=O) groups excluding carboxylic acids is 1. The Morgan fingerprint density at radius 1 is 1.48 bits per heavy atom. The smallest absolute Gasteiger partial charge is 0.320 e. The van der Waals surface area contributed by atoms with Gasteiger partial charge in [-0.25, -0.2) is 4.79 Å². The third-order valence-electron chi connectivity index (χ3n) is 3.91. The molecule has 2 heterocycles. The lowest BCUT2D eigenvalue weighted by Gasteiger charge is -2.32. The minimum Gasteiger partial charge on any atom is -0.388 e. The van der Waals surface area contributed by atoms with Crippen LogP contribution in [0, 0.1) is 11.3 Å². The summed E-state index contributed by atoms with van der Waals surface area (Å²) >= 11 is 0. The largest absolute Gasteiger partial charge is 0.388 e. The molecule has 1 saturated heterocycles. The van der Waals surface area contributed by atoms with E-state index >= 15 is 0 Å². The van der Waals surface area contributed by atoms with Crippen LogP contribution in [0.25, 0.3) is 0 Å². The zero-order valence-electron chi connectivity index (χ0n) is 13.8. The highest BCUT2D eigenvalue weighted by atomic mass is 16.5. The molecule has 1 fully saturated rings. The molecule has 0 radical (unpaired) electrons. The SMILES string of the molecule is CC(C)(C)n1cc(C#N)cc1NC(=O)NCC1(O)CCOCC1. The average molecular weight is 320 g/mol. The number of anilines is 1. The molecule has 1 aromatic heterocycles. The maximum absolute atomic E-state index is 12.1. The molecule has 0 aromatic carbocycles. The number of hydrogen-bond acceptors (Lipinski definition) is 4. The number of aliphatic hydroxyl groups is 1. The van der Waals surface area contributed by atoms with Gasteiger partial charge < -0.3 is 19.7 Å². The number of rotatable bonds is 3. The Hall–Kier alpha value is -2.04. The van der Waals surface area contributed by atoms with Gasteiger partial charge in [0.1, 0.15) is 11.9 Å². The average Bonchev–Trinajstić information content (AvgIpc) is 2.89. The highest BCUT2D eigenvalue weighted by Crippen LogP contribution is 2.24. The van der Waals surface area contributed by atoms with Crippen molar-refractivity contribution in [3.05, 3.63) is 17.8 Å². The van der Waals surface area contributed by atoms with Gasteiger partial charge in [0.05, 0.1) is 11.2 Å². The Balaban J connectivity index is 2.00. The van der Waals surface area contributed by atoms with Gasteiger partial charge in [0.15, 0.2) is 0 Å². The van der Waals surface area contributed by atoms with Gasteiger partial charge in [-0.2, -0.15) is 5.26 Å². The number of nitriles is 1. The molecule has 0 saturated carbocycles. The molecule has 2 rings (SSSR count). The van der Waals surface area contributed by atoms with E-state index in [1.807, 2.05) is 25.3 Å². The van der Waals surface area contributed by atoms with Crippen LogP contribution in [0.1, 0.15) is 39.2 Å². The number of nitrogens with one attached hydrogen (secondary N) is 2. The zero-order chi connectivity index (χ0) is 17.1. The fraction of sp³-hybridized carbons (Fsp3) is 0.625. The van der Waals surface area contributed by atoms with Crippen LogP contribution in [-0.4, -0.2) is 41.1 Å². The van der Waals surface area contributed by atoms with Crippen molar-refractivity contribution in [2.75, 3.05) is 25.1 Å².